The molecule has 4 rings (SSSR count). The molecule has 3 unspecified atom stereocenters. The molecular weight excluding hydrogens is 374 g/mol. The van der Waals surface area contributed by atoms with Crippen molar-refractivity contribution in [3.05, 3.63) is 0 Å². The highest BCUT2D eigenvalue weighted by Gasteiger charge is 2.55. The van der Waals surface area contributed by atoms with E-state index < -0.39 is 30.1 Å². The van der Waals surface area contributed by atoms with Crippen LogP contribution in [0.1, 0.15) is 59.3 Å². The molecular formula is C22H31NO6. The summed E-state index contributed by atoms with van der Waals surface area (Å²) in [6, 6.07) is -0.455. The third-order valence-electron chi connectivity index (χ3n) is 7.56. The topological polar surface area (TPSA) is 90.0 Å². The number of cyclic esters (lactones) is 1. The van der Waals surface area contributed by atoms with Crippen molar-refractivity contribution >= 4 is 23.6 Å². The van der Waals surface area contributed by atoms with E-state index in [1.807, 2.05) is 18.7 Å². The summed E-state index contributed by atoms with van der Waals surface area (Å²) in [7, 11) is 0. The number of ketones is 1. The Bertz CT molecular complexity index is 720. The van der Waals surface area contributed by atoms with Gasteiger partial charge in [0.2, 0.25) is 5.91 Å². The van der Waals surface area contributed by atoms with Gasteiger partial charge in [-0.05, 0) is 25.7 Å². The van der Waals surface area contributed by atoms with Crippen LogP contribution in [0.15, 0.2) is 0 Å². The first kappa shape index (κ1) is 20.4. The molecule has 0 aromatic rings. The summed E-state index contributed by atoms with van der Waals surface area (Å²) in [5.74, 6) is -2.32. The van der Waals surface area contributed by atoms with Gasteiger partial charge in [0.05, 0.1) is 23.8 Å². The lowest BCUT2D eigenvalue weighted by atomic mass is 9.74. The Hall–Kier alpha value is -1.92. The summed E-state index contributed by atoms with van der Waals surface area (Å²) in [5.41, 5.74) is 0. The second kappa shape index (κ2) is 7.73. The van der Waals surface area contributed by atoms with E-state index in [0.717, 1.165) is 19.3 Å². The number of esters is 2. The molecule has 8 atom stereocenters. The highest BCUT2D eigenvalue weighted by atomic mass is 16.6. The van der Waals surface area contributed by atoms with Gasteiger partial charge in [0, 0.05) is 24.8 Å². The summed E-state index contributed by atoms with van der Waals surface area (Å²) in [6.07, 6.45) is 2.84. The molecule has 160 valence electrons. The van der Waals surface area contributed by atoms with Crippen LogP contribution in [0.2, 0.25) is 0 Å². The summed E-state index contributed by atoms with van der Waals surface area (Å²) < 4.78 is 11.3. The molecule has 0 aliphatic carbocycles. The van der Waals surface area contributed by atoms with Crippen molar-refractivity contribution < 1.29 is 28.7 Å². The Morgan fingerprint density at radius 3 is 2.45 bits per heavy atom. The average Bonchev–Trinajstić information content (AvgIpc) is 3.09. The van der Waals surface area contributed by atoms with E-state index in [9.17, 15) is 19.2 Å². The molecule has 0 aromatic carbocycles. The molecule has 4 aliphatic heterocycles. The van der Waals surface area contributed by atoms with Crippen LogP contribution in [0.5, 0.6) is 0 Å². The minimum Gasteiger partial charge on any atom is -0.461 e. The monoisotopic (exact) mass is 405 g/mol. The smallest absolute Gasteiger partial charge is 0.309 e. The third-order valence-corrected chi connectivity index (χ3v) is 7.56. The number of ether oxygens (including phenoxy) is 2. The lowest BCUT2D eigenvalue weighted by Crippen LogP contribution is -2.50. The standard InChI is InChI=1S/C22H31NO6/c1-4-13-14-7-5-6-8-23(20(14)25)15(17-9-11(2)21(26)28-17)10-16(24)18-12(3)22(27)29-19(13)18/h11-15,17-19H,4-10H2,1-3H3/t11?,12?,13?,14-,15-,17+,18+,19+/m1/s1. The Balaban J connectivity index is 1.76. The van der Waals surface area contributed by atoms with Gasteiger partial charge in [-0.2, -0.15) is 0 Å². The second-order valence-electron chi connectivity index (χ2n) is 9.27. The molecule has 4 heterocycles. The fraction of sp³-hybridized carbons (Fsp3) is 0.818. The Labute approximate surface area is 171 Å². The fourth-order valence-electron chi connectivity index (χ4n) is 5.91. The van der Waals surface area contributed by atoms with Crippen molar-refractivity contribution in [3.8, 4) is 0 Å². The van der Waals surface area contributed by atoms with Crippen molar-refractivity contribution in [2.24, 2.45) is 29.6 Å². The van der Waals surface area contributed by atoms with Crippen LogP contribution in [0, 0.1) is 29.6 Å². The summed E-state index contributed by atoms with van der Waals surface area (Å²) >= 11 is 0. The summed E-state index contributed by atoms with van der Waals surface area (Å²) in [6.45, 7) is 6.15. The number of Topliss-reactive ketones (excluding diaryl/α,β-unsaturated/α-hetero) is 1. The zero-order chi connectivity index (χ0) is 20.9. The van der Waals surface area contributed by atoms with Crippen LogP contribution in [0.25, 0.3) is 0 Å². The predicted octanol–water partition coefficient (Wildman–Crippen LogP) is 2.11. The molecule has 29 heavy (non-hydrogen) atoms. The van der Waals surface area contributed by atoms with Crippen molar-refractivity contribution in [1.29, 1.82) is 0 Å². The van der Waals surface area contributed by atoms with Crippen molar-refractivity contribution in [2.75, 3.05) is 6.54 Å². The quantitative estimate of drug-likeness (QED) is 0.654. The fourth-order valence-corrected chi connectivity index (χ4v) is 5.91. The first-order chi connectivity index (χ1) is 13.8. The van der Waals surface area contributed by atoms with Crippen molar-refractivity contribution in [3.63, 3.8) is 0 Å². The Morgan fingerprint density at radius 1 is 1.03 bits per heavy atom. The molecule has 4 fully saturated rings. The first-order valence-electron chi connectivity index (χ1n) is 11.1. The first-order valence-corrected chi connectivity index (χ1v) is 11.1. The zero-order valence-corrected chi connectivity index (χ0v) is 17.5. The predicted molar refractivity (Wildman–Crippen MR) is 102 cm³/mol. The van der Waals surface area contributed by atoms with Crippen LogP contribution in [0.4, 0.5) is 0 Å². The highest BCUT2D eigenvalue weighted by Crippen LogP contribution is 2.43. The Kier molecular flexibility index (Phi) is 5.42. The van der Waals surface area contributed by atoms with Gasteiger partial charge >= 0.3 is 11.9 Å². The lowest BCUT2D eigenvalue weighted by Gasteiger charge is -2.36. The van der Waals surface area contributed by atoms with E-state index in [1.54, 1.807) is 6.92 Å². The molecule has 7 heteroatoms. The van der Waals surface area contributed by atoms with Gasteiger partial charge in [-0.1, -0.05) is 27.2 Å². The Morgan fingerprint density at radius 2 is 1.79 bits per heavy atom. The number of carbonyl (C=O) groups excluding carboxylic acids is 4. The molecule has 0 saturated carbocycles. The summed E-state index contributed by atoms with van der Waals surface area (Å²) in [5, 5.41) is 0. The van der Waals surface area contributed by atoms with Crippen molar-refractivity contribution in [2.45, 2.75) is 77.5 Å². The number of rotatable bonds is 2. The maximum atomic E-state index is 13.6. The molecule has 0 radical (unpaired) electrons. The number of fused-ring (bicyclic) bond motifs is 3. The van der Waals surface area contributed by atoms with E-state index in [0.29, 0.717) is 19.4 Å². The number of amides is 1. The average molecular weight is 405 g/mol. The molecule has 4 aliphatic rings. The number of hydrogen-bond donors (Lipinski definition) is 0. The van der Waals surface area contributed by atoms with Gasteiger partial charge in [0.15, 0.2) is 0 Å². The number of carbonyl (C=O) groups is 4. The van der Waals surface area contributed by atoms with E-state index in [1.165, 1.54) is 0 Å². The van der Waals surface area contributed by atoms with Crippen LogP contribution < -0.4 is 0 Å². The number of hydrogen-bond acceptors (Lipinski definition) is 6. The molecule has 0 aromatic heterocycles. The SMILES string of the molecule is CCC1[C@H]2CCCCN(C2=O)[C@@H]([C@@H]2CC(C)C(=O)O2)CC(=O)[C@@H]2C(C)C(=O)O[C@@H]12. The van der Waals surface area contributed by atoms with Gasteiger partial charge in [-0.3, -0.25) is 19.2 Å². The van der Waals surface area contributed by atoms with Crippen LogP contribution in [-0.4, -0.2) is 53.3 Å². The van der Waals surface area contributed by atoms with E-state index >= 15 is 0 Å². The van der Waals surface area contributed by atoms with E-state index in [-0.39, 0.29) is 47.8 Å². The molecule has 4 saturated heterocycles. The minimum atomic E-state index is -0.535. The maximum Gasteiger partial charge on any atom is 0.309 e. The largest absolute Gasteiger partial charge is 0.461 e. The van der Waals surface area contributed by atoms with Gasteiger partial charge in [0.25, 0.3) is 0 Å². The third kappa shape index (κ3) is 3.36. The van der Waals surface area contributed by atoms with Crippen LogP contribution in [-0.2, 0) is 28.7 Å². The van der Waals surface area contributed by atoms with Gasteiger partial charge < -0.3 is 14.4 Å². The number of nitrogens with zero attached hydrogens (tertiary/aromatic N) is 1. The zero-order valence-electron chi connectivity index (χ0n) is 17.5. The highest BCUT2D eigenvalue weighted by molar-refractivity contribution is 5.91. The van der Waals surface area contributed by atoms with Crippen LogP contribution in [0.3, 0.4) is 0 Å². The molecule has 2 bridgehead atoms. The minimum absolute atomic E-state index is 0.0269. The van der Waals surface area contributed by atoms with Gasteiger partial charge in [0.1, 0.15) is 18.0 Å². The van der Waals surface area contributed by atoms with Crippen molar-refractivity contribution in [1.82, 2.24) is 4.90 Å². The second-order valence-corrected chi connectivity index (χ2v) is 9.27. The van der Waals surface area contributed by atoms with E-state index in [2.05, 4.69) is 0 Å². The van der Waals surface area contributed by atoms with Gasteiger partial charge in [-0.15, -0.1) is 0 Å². The lowest BCUT2D eigenvalue weighted by molar-refractivity contribution is -0.153. The normalized spacial score (nSPS) is 43.1. The summed E-state index contributed by atoms with van der Waals surface area (Å²) in [4.78, 5) is 53.3. The maximum absolute atomic E-state index is 13.6. The molecule has 0 N–H and O–H groups in total. The van der Waals surface area contributed by atoms with E-state index in [4.69, 9.17) is 9.47 Å². The molecule has 7 nitrogen and oxygen atoms in total. The van der Waals surface area contributed by atoms with Gasteiger partial charge in [-0.25, -0.2) is 0 Å². The van der Waals surface area contributed by atoms with Crippen LogP contribution >= 0.6 is 0 Å². The molecule has 0 spiro atoms. The molecule has 1 amide bonds.